The van der Waals surface area contributed by atoms with Gasteiger partial charge in [-0.05, 0) is 12.0 Å². The fourth-order valence-electron chi connectivity index (χ4n) is 0.689. The second-order valence-corrected chi connectivity index (χ2v) is 3.43. The normalized spacial score (nSPS) is 13.1. The van der Waals surface area contributed by atoms with E-state index in [2.05, 4.69) is 6.58 Å². The van der Waals surface area contributed by atoms with Crippen molar-refractivity contribution in [2.24, 2.45) is 0 Å². The lowest BCUT2D eigenvalue weighted by atomic mass is 10.2. The Morgan fingerprint density at radius 3 is 2.45 bits per heavy atom. The van der Waals surface area contributed by atoms with Crippen molar-refractivity contribution in [2.75, 3.05) is 0 Å². The third-order valence-corrected chi connectivity index (χ3v) is 1.70. The van der Waals surface area contributed by atoms with Crippen LogP contribution in [0.4, 0.5) is 0 Å². The maximum Gasteiger partial charge on any atom is 0.287 e. The molecule has 1 N–H and O–H groups in total. The zero-order valence-corrected chi connectivity index (χ0v) is 7.26. The number of hydrogen-bond donors (Lipinski definition) is 1. The molecule has 0 aliphatic heterocycles. The van der Waals surface area contributed by atoms with Gasteiger partial charge in [0, 0.05) is 0 Å². The van der Waals surface area contributed by atoms with Crippen molar-refractivity contribution < 1.29 is 13.0 Å². The van der Waals surface area contributed by atoms with Gasteiger partial charge in [-0.2, -0.15) is 8.42 Å². The average Bonchev–Trinajstić information content (AvgIpc) is 1.84. The summed E-state index contributed by atoms with van der Waals surface area (Å²) in [5, 5.41) is 0.823. The molecule has 0 fully saturated rings. The van der Waals surface area contributed by atoms with Crippen molar-refractivity contribution in [1.82, 2.24) is 0 Å². The van der Waals surface area contributed by atoms with Gasteiger partial charge in [0.15, 0.2) is 0 Å². The zero-order valence-electron chi connectivity index (χ0n) is 6.45. The maximum absolute atomic E-state index is 10.3. The highest BCUT2D eigenvalue weighted by atomic mass is 32.2. The van der Waals surface area contributed by atoms with Crippen LogP contribution in [0.2, 0.25) is 0 Å². The van der Waals surface area contributed by atoms with Crippen LogP contribution >= 0.6 is 0 Å². The summed E-state index contributed by atoms with van der Waals surface area (Å²) in [6, 6.07) is 0. The standard InChI is InChI=1S/C7H12O3S/c1-3-5-7(4-2)6-11(8,9)10/h4,6H,2-3,5H2,1H3,(H,8,9,10). The van der Waals surface area contributed by atoms with Crippen LogP contribution in [-0.4, -0.2) is 13.0 Å². The summed E-state index contributed by atoms with van der Waals surface area (Å²) < 4.78 is 29.0. The van der Waals surface area contributed by atoms with Crippen molar-refractivity contribution in [3.05, 3.63) is 23.6 Å². The highest BCUT2D eigenvalue weighted by Crippen LogP contribution is 2.07. The maximum atomic E-state index is 10.3. The largest absolute Gasteiger partial charge is 0.287 e. The predicted octanol–water partition coefficient (Wildman–Crippen LogP) is 1.74. The summed E-state index contributed by atoms with van der Waals surface area (Å²) in [5.41, 5.74) is 0.537. The SMILES string of the molecule is C=CC(=CS(=O)(=O)O)CCC. The Kier molecular flexibility index (Phi) is 4.07. The molecule has 0 aromatic heterocycles. The van der Waals surface area contributed by atoms with E-state index >= 15 is 0 Å². The van der Waals surface area contributed by atoms with Gasteiger partial charge in [0.25, 0.3) is 10.1 Å². The van der Waals surface area contributed by atoms with Gasteiger partial charge >= 0.3 is 0 Å². The number of rotatable bonds is 4. The zero-order chi connectivity index (χ0) is 8.91. The minimum Gasteiger partial charge on any atom is -0.282 e. The van der Waals surface area contributed by atoms with Crippen LogP contribution in [0.3, 0.4) is 0 Å². The summed E-state index contributed by atoms with van der Waals surface area (Å²) in [6.45, 7) is 5.34. The van der Waals surface area contributed by atoms with Gasteiger partial charge in [-0.1, -0.05) is 26.0 Å². The monoisotopic (exact) mass is 176 g/mol. The van der Waals surface area contributed by atoms with Crippen LogP contribution < -0.4 is 0 Å². The van der Waals surface area contributed by atoms with E-state index in [4.69, 9.17) is 4.55 Å². The predicted molar refractivity (Wildman–Crippen MR) is 44.7 cm³/mol. The third kappa shape index (κ3) is 5.82. The Morgan fingerprint density at radius 1 is 1.64 bits per heavy atom. The molecule has 0 radical (unpaired) electrons. The van der Waals surface area contributed by atoms with Crippen molar-refractivity contribution in [2.45, 2.75) is 19.8 Å². The number of allylic oxidation sites excluding steroid dienone is 2. The summed E-state index contributed by atoms with van der Waals surface area (Å²) in [7, 11) is -3.99. The second kappa shape index (κ2) is 4.31. The Labute approximate surface area is 67.2 Å². The first-order chi connectivity index (χ1) is 4.99. The van der Waals surface area contributed by atoms with Crippen molar-refractivity contribution in [1.29, 1.82) is 0 Å². The van der Waals surface area contributed by atoms with Crippen LogP contribution in [-0.2, 0) is 10.1 Å². The molecule has 0 saturated carbocycles. The summed E-state index contributed by atoms with van der Waals surface area (Å²) in [5.74, 6) is 0. The molecular weight excluding hydrogens is 164 g/mol. The molecule has 0 heterocycles. The van der Waals surface area contributed by atoms with Crippen LogP contribution in [0.1, 0.15) is 19.8 Å². The third-order valence-electron chi connectivity index (χ3n) is 1.10. The van der Waals surface area contributed by atoms with E-state index in [0.717, 1.165) is 11.8 Å². The Morgan fingerprint density at radius 2 is 2.18 bits per heavy atom. The topological polar surface area (TPSA) is 54.4 Å². The highest BCUT2D eigenvalue weighted by Gasteiger charge is 1.99. The summed E-state index contributed by atoms with van der Waals surface area (Å²) in [6.07, 6.45) is 2.87. The lowest BCUT2D eigenvalue weighted by Gasteiger charge is -1.95. The van der Waals surface area contributed by atoms with Crippen LogP contribution in [0.15, 0.2) is 23.6 Å². The van der Waals surface area contributed by atoms with Gasteiger partial charge in [-0.25, -0.2) is 0 Å². The van der Waals surface area contributed by atoms with E-state index in [-0.39, 0.29) is 0 Å². The minimum absolute atomic E-state index is 0.537. The molecule has 0 unspecified atom stereocenters. The second-order valence-electron chi connectivity index (χ2n) is 2.16. The first-order valence-electron chi connectivity index (χ1n) is 3.30. The minimum atomic E-state index is -3.99. The molecule has 0 aromatic rings. The van der Waals surface area contributed by atoms with E-state index in [1.54, 1.807) is 0 Å². The molecule has 11 heavy (non-hydrogen) atoms. The Bertz CT molecular complexity index is 249. The van der Waals surface area contributed by atoms with Crippen LogP contribution in [0.5, 0.6) is 0 Å². The molecule has 3 nitrogen and oxygen atoms in total. The molecule has 64 valence electrons. The first kappa shape index (κ1) is 10.4. The number of hydrogen-bond acceptors (Lipinski definition) is 2. The van der Waals surface area contributed by atoms with Crippen molar-refractivity contribution in [3.8, 4) is 0 Å². The summed E-state index contributed by atoms with van der Waals surface area (Å²) >= 11 is 0. The van der Waals surface area contributed by atoms with Crippen molar-refractivity contribution in [3.63, 3.8) is 0 Å². The van der Waals surface area contributed by atoms with E-state index < -0.39 is 10.1 Å². The molecule has 0 aromatic carbocycles. The molecule has 0 saturated heterocycles. The Balaban J connectivity index is 4.49. The average molecular weight is 176 g/mol. The van der Waals surface area contributed by atoms with Gasteiger partial charge in [0.05, 0.1) is 5.41 Å². The molecular formula is C7H12O3S. The van der Waals surface area contributed by atoms with Gasteiger partial charge < -0.3 is 0 Å². The molecule has 0 rings (SSSR count). The molecule has 0 atom stereocenters. The van der Waals surface area contributed by atoms with Crippen LogP contribution in [0, 0.1) is 0 Å². The molecule has 0 aliphatic carbocycles. The Hall–Kier alpha value is -0.610. The molecule has 0 amide bonds. The van der Waals surface area contributed by atoms with E-state index in [1.807, 2.05) is 6.92 Å². The lowest BCUT2D eigenvalue weighted by Crippen LogP contribution is -1.92. The molecule has 0 bridgehead atoms. The van der Waals surface area contributed by atoms with Gasteiger partial charge in [0.1, 0.15) is 0 Å². The fraction of sp³-hybridized carbons (Fsp3) is 0.429. The molecule has 0 aliphatic rings. The van der Waals surface area contributed by atoms with E-state index in [0.29, 0.717) is 12.0 Å². The smallest absolute Gasteiger partial charge is 0.282 e. The molecule has 0 spiro atoms. The van der Waals surface area contributed by atoms with Crippen LogP contribution in [0.25, 0.3) is 0 Å². The molecule has 4 heteroatoms. The van der Waals surface area contributed by atoms with E-state index in [9.17, 15) is 8.42 Å². The van der Waals surface area contributed by atoms with Gasteiger partial charge in [0.2, 0.25) is 0 Å². The fourth-order valence-corrected chi connectivity index (χ4v) is 1.29. The highest BCUT2D eigenvalue weighted by molar-refractivity contribution is 7.88. The lowest BCUT2D eigenvalue weighted by molar-refractivity contribution is 0.494. The summed E-state index contributed by atoms with van der Waals surface area (Å²) in [4.78, 5) is 0. The van der Waals surface area contributed by atoms with E-state index in [1.165, 1.54) is 6.08 Å². The van der Waals surface area contributed by atoms with Crippen molar-refractivity contribution >= 4 is 10.1 Å². The first-order valence-corrected chi connectivity index (χ1v) is 4.80. The quantitative estimate of drug-likeness (QED) is 0.524. The van der Waals surface area contributed by atoms with Gasteiger partial charge in [-0.15, -0.1) is 0 Å². The van der Waals surface area contributed by atoms with Gasteiger partial charge in [-0.3, -0.25) is 4.55 Å².